The molecule has 100 valence electrons. The van der Waals surface area contributed by atoms with Crippen molar-refractivity contribution in [3.63, 3.8) is 0 Å². The van der Waals surface area contributed by atoms with E-state index in [0.717, 1.165) is 0 Å². The second-order valence-corrected chi connectivity index (χ2v) is 4.34. The van der Waals surface area contributed by atoms with Crippen LogP contribution in [0.25, 0.3) is 0 Å². The van der Waals surface area contributed by atoms with Gasteiger partial charge in [-0.25, -0.2) is 0 Å². The third-order valence-corrected chi connectivity index (χ3v) is 2.92. The summed E-state index contributed by atoms with van der Waals surface area (Å²) in [6.07, 6.45) is 0. The first kappa shape index (κ1) is 13.7. The van der Waals surface area contributed by atoms with Crippen LogP contribution in [0.3, 0.4) is 0 Å². The number of halogens is 1. The van der Waals surface area contributed by atoms with Gasteiger partial charge in [0.1, 0.15) is 17.1 Å². The summed E-state index contributed by atoms with van der Waals surface area (Å²) in [5.74, 6) is -1.43. The number of nitrogens with zero attached hydrogens (tertiary/aromatic N) is 1. The van der Waals surface area contributed by atoms with Crippen LogP contribution in [-0.2, 0) is 0 Å². The minimum Gasteiger partial charge on any atom is -0.507 e. The van der Waals surface area contributed by atoms with E-state index in [1.54, 1.807) is 0 Å². The monoisotopic (exact) mass is 288 g/mol. The second kappa shape index (κ2) is 5.51. The Morgan fingerprint density at radius 1 is 1.20 bits per heavy atom. The van der Waals surface area contributed by atoms with Crippen molar-refractivity contribution in [2.75, 3.05) is 5.32 Å². The van der Waals surface area contributed by atoms with Crippen molar-refractivity contribution in [1.82, 2.24) is 0 Å². The highest BCUT2D eigenvalue weighted by molar-refractivity contribution is 6.34. The second-order valence-electron chi connectivity index (χ2n) is 3.93. The van der Waals surface area contributed by atoms with E-state index in [0.29, 0.717) is 5.56 Å². The molecule has 0 aliphatic heterocycles. The van der Waals surface area contributed by atoms with Gasteiger partial charge >= 0.3 is 0 Å². The zero-order valence-electron chi connectivity index (χ0n) is 10.1. The predicted octanol–water partition coefficient (Wildman–Crippen LogP) is 2.88. The van der Waals surface area contributed by atoms with Crippen LogP contribution >= 0.6 is 11.6 Å². The van der Waals surface area contributed by atoms with Crippen LogP contribution in [0, 0.1) is 11.3 Å². The van der Waals surface area contributed by atoms with E-state index in [2.05, 4.69) is 5.32 Å². The van der Waals surface area contributed by atoms with Gasteiger partial charge in [-0.05, 0) is 30.3 Å². The lowest BCUT2D eigenvalue weighted by molar-refractivity contribution is 0.102. The van der Waals surface area contributed by atoms with Gasteiger partial charge in [-0.3, -0.25) is 4.79 Å². The van der Waals surface area contributed by atoms with Crippen molar-refractivity contribution in [1.29, 1.82) is 5.26 Å². The normalized spacial score (nSPS) is 9.80. The maximum Gasteiger partial charge on any atom is 0.263 e. The molecular weight excluding hydrogens is 280 g/mol. The number of carbonyl (C=O) groups excluding carboxylic acids is 1. The molecule has 0 atom stereocenters. The molecule has 0 heterocycles. The summed E-state index contributed by atoms with van der Waals surface area (Å²) in [6.45, 7) is 0. The number of phenolic OH excluding ortho intramolecular Hbond substituents is 2. The van der Waals surface area contributed by atoms with Crippen molar-refractivity contribution in [3.05, 3.63) is 52.5 Å². The first-order valence-corrected chi connectivity index (χ1v) is 5.92. The Morgan fingerprint density at radius 2 is 1.85 bits per heavy atom. The fourth-order valence-electron chi connectivity index (χ4n) is 1.64. The average molecular weight is 289 g/mol. The molecule has 0 saturated heterocycles. The van der Waals surface area contributed by atoms with Gasteiger partial charge in [0.15, 0.2) is 0 Å². The van der Waals surface area contributed by atoms with Gasteiger partial charge in [-0.2, -0.15) is 5.26 Å². The SMILES string of the molecule is N#Cc1ccc(Cl)c(NC(=O)c2c(O)cccc2O)c1. The molecule has 2 aromatic carbocycles. The first-order valence-electron chi connectivity index (χ1n) is 5.55. The van der Waals surface area contributed by atoms with Gasteiger partial charge in [0, 0.05) is 0 Å². The highest BCUT2D eigenvalue weighted by Crippen LogP contribution is 2.29. The van der Waals surface area contributed by atoms with Crippen LogP contribution in [0.2, 0.25) is 5.02 Å². The van der Waals surface area contributed by atoms with Crippen molar-refractivity contribution >= 4 is 23.2 Å². The molecule has 3 N–H and O–H groups in total. The minimum absolute atomic E-state index is 0.221. The van der Waals surface area contributed by atoms with Crippen LogP contribution in [0.1, 0.15) is 15.9 Å². The highest BCUT2D eigenvalue weighted by Gasteiger charge is 2.17. The van der Waals surface area contributed by atoms with E-state index in [-0.39, 0.29) is 27.8 Å². The van der Waals surface area contributed by atoms with E-state index < -0.39 is 5.91 Å². The van der Waals surface area contributed by atoms with Crippen LogP contribution in [-0.4, -0.2) is 16.1 Å². The van der Waals surface area contributed by atoms with Gasteiger partial charge in [0.05, 0.1) is 22.3 Å². The summed E-state index contributed by atoms with van der Waals surface area (Å²) in [5.41, 5.74) is 0.288. The maximum atomic E-state index is 12.0. The summed E-state index contributed by atoms with van der Waals surface area (Å²) in [6, 6.07) is 10.3. The Bertz CT molecular complexity index is 703. The number of nitrogens with one attached hydrogen (secondary N) is 1. The quantitative estimate of drug-likeness (QED) is 0.792. The summed E-state index contributed by atoms with van der Waals surface area (Å²) in [7, 11) is 0. The molecule has 5 nitrogen and oxygen atoms in total. The average Bonchev–Trinajstić information content (AvgIpc) is 2.41. The van der Waals surface area contributed by atoms with Crippen LogP contribution < -0.4 is 5.32 Å². The van der Waals surface area contributed by atoms with Crippen molar-refractivity contribution in [2.24, 2.45) is 0 Å². The molecule has 2 aromatic rings. The van der Waals surface area contributed by atoms with Gasteiger partial charge in [-0.15, -0.1) is 0 Å². The van der Waals surface area contributed by atoms with Crippen LogP contribution in [0.4, 0.5) is 5.69 Å². The molecule has 0 aliphatic rings. The highest BCUT2D eigenvalue weighted by atomic mass is 35.5. The minimum atomic E-state index is -0.724. The van der Waals surface area contributed by atoms with Crippen LogP contribution in [0.5, 0.6) is 11.5 Å². The molecule has 0 unspecified atom stereocenters. The summed E-state index contributed by atoms with van der Waals surface area (Å²) in [4.78, 5) is 12.0. The zero-order chi connectivity index (χ0) is 14.7. The van der Waals surface area contributed by atoms with E-state index in [1.807, 2.05) is 6.07 Å². The molecule has 1 amide bonds. The third kappa shape index (κ3) is 2.66. The van der Waals surface area contributed by atoms with Gasteiger partial charge in [-0.1, -0.05) is 17.7 Å². The molecule has 0 aromatic heterocycles. The Kier molecular flexibility index (Phi) is 3.78. The number of aromatic hydroxyl groups is 2. The fraction of sp³-hybridized carbons (Fsp3) is 0. The number of phenols is 2. The van der Waals surface area contributed by atoms with Gasteiger partial charge in [0.25, 0.3) is 5.91 Å². The van der Waals surface area contributed by atoms with E-state index >= 15 is 0 Å². The number of hydrogen-bond donors (Lipinski definition) is 3. The van der Waals surface area contributed by atoms with E-state index in [4.69, 9.17) is 16.9 Å². The molecule has 6 heteroatoms. The number of anilines is 1. The van der Waals surface area contributed by atoms with Crippen molar-refractivity contribution < 1.29 is 15.0 Å². The lowest BCUT2D eigenvalue weighted by Crippen LogP contribution is -2.12. The van der Waals surface area contributed by atoms with Crippen molar-refractivity contribution in [2.45, 2.75) is 0 Å². The lowest BCUT2D eigenvalue weighted by atomic mass is 10.1. The molecule has 0 spiro atoms. The molecule has 0 saturated carbocycles. The number of rotatable bonds is 2. The Morgan fingerprint density at radius 3 is 2.45 bits per heavy atom. The van der Waals surface area contributed by atoms with Crippen LogP contribution in [0.15, 0.2) is 36.4 Å². The van der Waals surface area contributed by atoms with Gasteiger partial charge < -0.3 is 15.5 Å². The number of benzene rings is 2. The summed E-state index contributed by atoms with van der Waals surface area (Å²) >= 11 is 5.92. The molecular formula is C14H9ClN2O3. The smallest absolute Gasteiger partial charge is 0.263 e. The fourth-order valence-corrected chi connectivity index (χ4v) is 1.80. The predicted molar refractivity (Wildman–Crippen MR) is 73.9 cm³/mol. The zero-order valence-corrected chi connectivity index (χ0v) is 10.8. The number of nitriles is 1. The molecule has 0 bridgehead atoms. The topological polar surface area (TPSA) is 93.4 Å². The Labute approximate surface area is 119 Å². The molecule has 20 heavy (non-hydrogen) atoms. The first-order chi connectivity index (χ1) is 9.52. The molecule has 2 rings (SSSR count). The summed E-state index contributed by atoms with van der Waals surface area (Å²) in [5, 5.41) is 30.7. The summed E-state index contributed by atoms with van der Waals surface area (Å²) < 4.78 is 0. The number of carbonyl (C=O) groups is 1. The van der Waals surface area contributed by atoms with Gasteiger partial charge in [0.2, 0.25) is 0 Å². The largest absolute Gasteiger partial charge is 0.507 e. The Hall–Kier alpha value is -2.71. The standard InChI is InChI=1S/C14H9ClN2O3/c15-9-5-4-8(7-16)6-10(9)17-14(20)13-11(18)2-1-3-12(13)19/h1-6,18-19H,(H,17,20). The molecule has 0 aliphatic carbocycles. The number of amides is 1. The van der Waals surface area contributed by atoms with Crippen molar-refractivity contribution in [3.8, 4) is 17.6 Å². The number of hydrogen-bond acceptors (Lipinski definition) is 4. The molecule has 0 fully saturated rings. The Balaban J connectivity index is 2.36. The molecule has 0 radical (unpaired) electrons. The van der Waals surface area contributed by atoms with E-state index in [1.165, 1.54) is 36.4 Å². The third-order valence-electron chi connectivity index (χ3n) is 2.59. The van der Waals surface area contributed by atoms with E-state index in [9.17, 15) is 15.0 Å². The maximum absolute atomic E-state index is 12.0. The lowest BCUT2D eigenvalue weighted by Gasteiger charge is -2.10.